The fourth-order valence-electron chi connectivity index (χ4n) is 2.95. The third-order valence-corrected chi connectivity index (χ3v) is 5.78. The number of hydrogen-bond donors (Lipinski definition) is 2. The minimum atomic E-state index is 0.132. The van der Waals surface area contributed by atoms with E-state index in [1.165, 1.54) is 18.4 Å². The van der Waals surface area contributed by atoms with Gasteiger partial charge in [-0.25, -0.2) is 0 Å². The lowest BCUT2D eigenvalue weighted by Gasteiger charge is -2.34. The molecule has 3 nitrogen and oxygen atoms in total. The highest BCUT2D eigenvalue weighted by Gasteiger charge is 2.27. The molecule has 1 aliphatic rings. The van der Waals surface area contributed by atoms with Gasteiger partial charge in [-0.1, -0.05) is 32.8 Å². The van der Waals surface area contributed by atoms with Crippen LogP contribution in [0, 0.1) is 18.8 Å². The summed E-state index contributed by atoms with van der Waals surface area (Å²) in [5.74, 6) is 1.87. The third-order valence-electron chi connectivity index (χ3n) is 4.62. The molecule has 0 saturated heterocycles. The zero-order valence-electron chi connectivity index (χ0n) is 13.2. The van der Waals surface area contributed by atoms with E-state index in [2.05, 4.69) is 19.2 Å². The standard InChI is InChI=1S/C17H26N2OS/c1-11-5-4-6-15(13(11)3)19-17(20)10-21-16-9-14(18)8-7-12(16)2/h7-9,11,13,15H,4-6,10,18H2,1-3H3,(H,19,20). The average molecular weight is 306 g/mol. The van der Waals surface area contributed by atoms with Crippen molar-refractivity contribution in [2.75, 3.05) is 11.5 Å². The number of nitrogens with two attached hydrogens (primary N) is 1. The van der Waals surface area contributed by atoms with Crippen molar-refractivity contribution >= 4 is 23.4 Å². The van der Waals surface area contributed by atoms with Gasteiger partial charge in [0.05, 0.1) is 5.75 Å². The number of rotatable bonds is 4. The summed E-state index contributed by atoms with van der Waals surface area (Å²) in [6, 6.07) is 6.17. The second-order valence-corrected chi connectivity index (χ2v) is 7.27. The molecule has 3 unspecified atom stereocenters. The van der Waals surface area contributed by atoms with Gasteiger partial charge in [0, 0.05) is 16.6 Å². The fraction of sp³-hybridized carbons (Fsp3) is 0.588. The predicted molar refractivity (Wildman–Crippen MR) is 90.4 cm³/mol. The first-order chi connectivity index (χ1) is 9.97. The molecule has 1 fully saturated rings. The smallest absolute Gasteiger partial charge is 0.230 e. The molecule has 0 aromatic heterocycles. The van der Waals surface area contributed by atoms with Gasteiger partial charge in [0.15, 0.2) is 0 Å². The Labute approximate surface area is 132 Å². The summed E-state index contributed by atoms with van der Waals surface area (Å²) in [7, 11) is 0. The summed E-state index contributed by atoms with van der Waals surface area (Å²) in [4.78, 5) is 13.3. The first kappa shape index (κ1) is 16.2. The minimum Gasteiger partial charge on any atom is -0.399 e. The number of amides is 1. The van der Waals surface area contributed by atoms with Crippen molar-refractivity contribution < 1.29 is 4.79 Å². The number of carbonyl (C=O) groups excluding carboxylic acids is 1. The summed E-state index contributed by atoms with van der Waals surface area (Å²) in [6.07, 6.45) is 3.61. The number of hydrogen-bond acceptors (Lipinski definition) is 3. The monoisotopic (exact) mass is 306 g/mol. The molecule has 116 valence electrons. The number of benzene rings is 1. The Balaban J connectivity index is 1.86. The van der Waals surface area contributed by atoms with Gasteiger partial charge in [-0.05, 0) is 42.9 Å². The second kappa shape index (κ2) is 7.21. The zero-order chi connectivity index (χ0) is 15.4. The van der Waals surface area contributed by atoms with E-state index in [4.69, 9.17) is 5.73 Å². The number of carbonyl (C=O) groups is 1. The summed E-state index contributed by atoms with van der Waals surface area (Å²) < 4.78 is 0. The topological polar surface area (TPSA) is 55.1 Å². The van der Waals surface area contributed by atoms with Crippen molar-refractivity contribution in [1.29, 1.82) is 0 Å². The third kappa shape index (κ3) is 4.40. The lowest BCUT2D eigenvalue weighted by molar-refractivity contribution is -0.119. The van der Waals surface area contributed by atoms with Gasteiger partial charge in [-0.3, -0.25) is 4.79 Å². The van der Waals surface area contributed by atoms with Crippen molar-refractivity contribution in [1.82, 2.24) is 5.32 Å². The average Bonchev–Trinajstić information content (AvgIpc) is 2.45. The summed E-state index contributed by atoms with van der Waals surface area (Å²) in [6.45, 7) is 6.59. The van der Waals surface area contributed by atoms with Crippen LogP contribution < -0.4 is 11.1 Å². The van der Waals surface area contributed by atoms with E-state index < -0.39 is 0 Å². The number of anilines is 1. The minimum absolute atomic E-state index is 0.132. The predicted octanol–water partition coefficient (Wildman–Crippen LogP) is 3.61. The Morgan fingerprint density at radius 2 is 2.14 bits per heavy atom. The first-order valence-corrected chi connectivity index (χ1v) is 8.74. The number of nitrogens with one attached hydrogen (secondary N) is 1. The fourth-order valence-corrected chi connectivity index (χ4v) is 3.83. The molecule has 0 heterocycles. The van der Waals surface area contributed by atoms with Crippen molar-refractivity contribution in [2.24, 2.45) is 11.8 Å². The maximum absolute atomic E-state index is 12.2. The van der Waals surface area contributed by atoms with Crippen LogP contribution in [-0.2, 0) is 4.79 Å². The molecule has 3 N–H and O–H groups in total. The Kier molecular flexibility index (Phi) is 5.57. The Bertz CT molecular complexity index is 504. The Morgan fingerprint density at radius 1 is 1.38 bits per heavy atom. The highest BCUT2D eigenvalue weighted by atomic mass is 32.2. The summed E-state index contributed by atoms with van der Waals surface area (Å²) in [5, 5.41) is 3.21. The zero-order valence-corrected chi connectivity index (χ0v) is 14.0. The molecule has 1 saturated carbocycles. The number of thioether (sulfide) groups is 1. The SMILES string of the molecule is Cc1ccc(N)cc1SCC(=O)NC1CCCC(C)C1C. The van der Waals surface area contributed by atoms with Crippen LogP contribution in [0.1, 0.15) is 38.7 Å². The van der Waals surface area contributed by atoms with E-state index in [0.717, 1.165) is 17.0 Å². The van der Waals surface area contributed by atoms with Crippen LogP contribution in [0.4, 0.5) is 5.69 Å². The van der Waals surface area contributed by atoms with Crippen LogP contribution in [0.25, 0.3) is 0 Å². The van der Waals surface area contributed by atoms with Crippen molar-refractivity contribution in [3.8, 4) is 0 Å². The van der Waals surface area contributed by atoms with Gasteiger partial charge >= 0.3 is 0 Å². The highest BCUT2D eigenvalue weighted by Crippen LogP contribution is 2.30. The lowest BCUT2D eigenvalue weighted by atomic mass is 9.78. The molecule has 0 aliphatic heterocycles. The van der Waals surface area contributed by atoms with Crippen molar-refractivity contribution in [3.05, 3.63) is 23.8 Å². The van der Waals surface area contributed by atoms with Crippen LogP contribution >= 0.6 is 11.8 Å². The molecule has 1 aromatic rings. The van der Waals surface area contributed by atoms with Crippen LogP contribution in [0.5, 0.6) is 0 Å². The molecule has 2 rings (SSSR count). The van der Waals surface area contributed by atoms with Gasteiger partial charge in [0.25, 0.3) is 0 Å². The second-order valence-electron chi connectivity index (χ2n) is 6.25. The maximum Gasteiger partial charge on any atom is 0.230 e. The van der Waals surface area contributed by atoms with Gasteiger partial charge in [0.2, 0.25) is 5.91 Å². The largest absolute Gasteiger partial charge is 0.399 e. The van der Waals surface area contributed by atoms with E-state index in [9.17, 15) is 4.79 Å². The van der Waals surface area contributed by atoms with E-state index in [1.807, 2.05) is 25.1 Å². The van der Waals surface area contributed by atoms with Gasteiger partial charge in [0.1, 0.15) is 0 Å². The van der Waals surface area contributed by atoms with E-state index >= 15 is 0 Å². The molecular formula is C17H26N2OS. The first-order valence-electron chi connectivity index (χ1n) is 7.75. The van der Waals surface area contributed by atoms with Crippen LogP contribution in [0.15, 0.2) is 23.1 Å². The molecule has 1 amide bonds. The maximum atomic E-state index is 12.2. The van der Waals surface area contributed by atoms with Crippen molar-refractivity contribution in [3.63, 3.8) is 0 Å². The number of aryl methyl sites for hydroxylation is 1. The molecule has 4 heteroatoms. The number of nitrogen functional groups attached to an aromatic ring is 1. The van der Waals surface area contributed by atoms with Crippen LogP contribution in [-0.4, -0.2) is 17.7 Å². The van der Waals surface area contributed by atoms with E-state index in [0.29, 0.717) is 23.6 Å². The highest BCUT2D eigenvalue weighted by molar-refractivity contribution is 8.00. The molecule has 0 radical (unpaired) electrons. The normalized spacial score (nSPS) is 25.6. The molecule has 21 heavy (non-hydrogen) atoms. The summed E-state index contributed by atoms with van der Waals surface area (Å²) >= 11 is 1.57. The molecule has 1 aromatic carbocycles. The van der Waals surface area contributed by atoms with Gasteiger partial charge in [-0.2, -0.15) is 0 Å². The van der Waals surface area contributed by atoms with E-state index in [1.54, 1.807) is 11.8 Å². The quantitative estimate of drug-likeness (QED) is 0.660. The molecule has 1 aliphatic carbocycles. The lowest BCUT2D eigenvalue weighted by Crippen LogP contribution is -2.44. The molecule has 0 bridgehead atoms. The van der Waals surface area contributed by atoms with Crippen LogP contribution in [0.2, 0.25) is 0 Å². The van der Waals surface area contributed by atoms with Gasteiger partial charge < -0.3 is 11.1 Å². The molecule has 0 spiro atoms. The van der Waals surface area contributed by atoms with Gasteiger partial charge in [-0.15, -0.1) is 11.8 Å². The molecular weight excluding hydrogens is 280 g/mol. The van der Waals surface area contributed by atoms with E-state index in [-0.39, 0.29) is 5.91 Å². The van der Waals surface area contributed by atoms with Crippen molar-refractivity contribution in [2.45, 2.75) is 51.0 Å². The summed E-state index contributed by atoms with van der Waals surface area (Å²) in [5.41, 5.74) is 7.72. The molecule has 3 atom stereocenters. The Hall–Kier alpha value is -1.16. The Morgan fingerprint density at radius 3 is 2.90 bits per heavy atom. The van der Waals surface area contributed by atoms with Crippen LogP contribution in [0.3, 0.4) is 0 Å².